The summed E-state index contributed by atoms with van der Waals surface area (Å²) in [6.45, 7) is 7.01. The standard InChI is InChI=1S/C32H65NO3SSi/c1-4-6-8-10-12-13-14-16-18-22-32(34)37-28-20-21-31-24-23-30(25-26-33(3)38-31)36-29-35-27-19-17-15-11-9-7-5-2/h30-31H,4-29,38H2,1-3H3. The number of thioether (sulfide) groups is 1. The highest BCUT2D eigenvalue weighted by Gasteiger charge is 2.21. The van der Waals surface area contributed by atoms with Crippen molar-refractivity contribution in [2.24, 2.45) is 0 Å². The van der Waals surface area contributed by atoms with E-state index in [0.29, 0.717) is 18.0 Å². The number of ether oxygens (including phenoxy) is 2. The van der Waals surface area contributed by atoms with Gasteiger partial charge in [-0.2, -0.15) is 0 Å². The van der Waals surface area contributed by atoms with E-state index in [2.05, 4.69) is 25.5 Å². The summed E-state index contributed by atoms with van der Waals surface area (Å²) in [5, 5.41) is 0.421. The fraction of sp³-hybridized carbons (Fsp3) is 0.969. The molecule has 0 aromatic rings. The van der Waals surface area contributed by atoms with E-state index >= 15 is 0 Å². The molecule has 0 amide bonds. The minimum atomic E-state index is -0.198. The Balaban J connectivity index is 2.03. The van der Waals surface area contributed by atoms with Crippen molar-refractivity contribution in [3.63, 3.8) is 0 Å². The van der Waals surface area contributed by atoms with Crippen LogP contribution in [0.1, 0.15) is 155 Å². The average molecular weight is 572 g/mol. The van der Waals surface area contributed by atoms with Crippen molar-refractivity contribution < 1.29 is 14.3 Å². The fourth-order valence-corrected chi connectivity index (χ4v) is 8.49. The Hall–Kier alpha value is 0.117. The van der Waals surface area contributed by atoms with Crippen molar-refractivity contribution in [2.45, 2.75) is 167 Å². The Bertz CT molecular complexity index is 525. The Kier molecular flexibility index (Phi) is 26.0. The van der Waals surface area contributed by atoms with E-state index in [-0.39, 0.29) is 9.68 Å². The Morgan fingerprint density at radius 3 is 2.05 bits per heavy atom. The Morgan fingerprint density at radius 2 is 1.39 bits per heavy atom. The maximum atomic E-state index is 12.3. The first kappa shape index (κ1) is 36.1. The van der Waals surface area contributed by atoms with E-state index in [4.69, 9.17) is 9.47 Å². The van der Waals surface area contributed by atoms with Gasteiger partial charge in [-0.1, -0.05) is 122 Å². The molecule has 1 aliphatic rings. The molecule has 1 fully saturated rings. The number of rotatable bonds is 25. The van der Waals surface area contributed by atoms with Gasteiger partial charge in [0.05, 0.1) is 15.8 Å². The van der Waals surface area contributed by atoms with Gasteiger partial charge in [0, 0.05) is 18.8 Å². The average Bonchev–Trinajstić information content (AvgIpc) is 2.90. The summed E-state index contributed by atoms with van der Waals surface area (Å²) in [6, 6.07) is 0. The Labute approximate surface area is 244 Å². The summed E-state index contributed by atoms with van der Waals surface area (Å²) >= 11 is 1.60. The number of carbonyl (C=O) groups is 1. The molecule has 4 nitrogen and oxygen atoms in total. The van der Waals surface area contributed by atoms with Crippen molar-refractivity contribution in [1.29, 1.82) is 0 Å². The molecular formula is C32H65NO3SSi. The molecule has 6 heteroatoms. The molecule has 38 heavy (non-hydrogen) atoms. The van der Waals surface area contributed by atoms with Crippen LogP contribution >= 0.6 is 11.8 Å². The summed E-state index contributed by atoms with van der Waals surface area (Å²) in [7, 11) is 2.11. The minimum Gasteiger partial charge on any atom is -0.355 e. The molecule has 0 N–H and O–H groups in total. The minimum absolute atomic E-state index is 0.198. The maximum absolute atomic E-state index is 12.3. The summed E-state index contributed by atoms with van der Waals surface area (Å²) in [5.41, 5.74) is 0.855. The van der Waals surface area contributed by atoms with E-state index in [9.17, 15) is 4.79 Å². The van der Waals surface area contributed by atoms with E-state index in [1.54, 1.807) is 11.8 Å². The van der Waals surface area contributed by atoms with Gasteiger partial charge in [0.25, 0.3) is 0 Å². The first-order valence-electron chi connectivity index (χ1n) is 16.7. The summed E-state index contributed by atoms with van der Waals surface area (Å²) < 4.78 is 14.5. The van der Waals surface area contributed by atoms with Crippen LogP contribution in [0.5, 0.6) is 0 Å². The van der Waals surface area contributed by atoms with Crippen LogP contribution in [0.4, 0.5) is 0 Å². The zero-order valence-electron chi connectivity index (χ0n) is 25.8. The third-order valence-electron chi connectivity index (χ3n) is 8.08. The third-order valence-corrected chi connectivity index (χ3v) is 11.4. The molecule has 0 spiro atoms. The molecule has 1 saturated heterocycles. The second kappa shape index (κ2) is 27.3. The molecule has 0 aromatic heterocycles. The molecule has 0 radical (unpaired) electrons. The highest BCUT2D eigenvalue weighted by atomic mass is 32.2. The van der Waals surface area contributed by atoms with Crippen molar-refractivity contribution >= 4 is 26.6 Å². The van der Waals surface area contributed by atoms with E-state index in [1.165, 1.54) is 116 Å². The predicted octanol–water partition coefficient (Wildman–Crippen LogP) is 9.05. The molecular weight excluding hydrogens is 507 g/mol. The summed E-state index contributed by atoms with van der Waals surface area (Å²) in [6.07, 6.45) is 28.3. The van der Waals surface area contributed by atoms with Crippen LogP contribution in [0.2, 0.25) is 5.54 Å². The molecule has 0 aromatic carbocycles. The lowest BCUT2D eigenvalue weighted by Gasteiger charge is -2.30. The summed E-state index contributed by atoms with van der Waals surface area (Å²) in [4.78, 5) is 12.3. The van der Waals surface area contributed by atoms with Gasteiger partial charge in [0.15, 0.2) is 5.12 Å². The maximum Gasteiger partial charge on any atom is 0.188 e. The van der Waals surface area contributed by atoms with Gasteiger partial charge in [-0.3, -0.25) is 4.79 Å². The van der Waals surface area contributed by atoms with Crippen LogP contribution < -0.4 is 0 Å². The molecule has 2 atom stereocenters. The van der Waals surface area contributed by atoms with Gasteiger partial charge in [0.2, 0.25) is 0 Å². The van der Waals surface area contributed by atoms with Crippen molar-refractivity contribution in [1.82, 2.24) is 4.57 Å². The largest absolute Gasteiger partial charge is 0.355 e. The van der Waals surface area contributed by atoms with Crippen LogP contribution in [0.3, 0.4) is 0 Å². The van der Waals surface area contributed by atoms with Crippen molar-refractivity contribution in [3.05, 3.63) is 0 Å². The first-order valence-corrected chi connectivity index (χ1v) is 19.1. The zero-order valence-corrected chi connectivity index (χ0v) is 28.1. The second-order valence-electron chi connectivity index (χ2n) is 11.9. The highest BCUT2D eigenvalue weighted by Crippen LogP contribution is 2.26. The van der Waals surface area contributed by atoms with Crippen LogP contribution in [-0.4, -0.2) is 58.2 Å². The van der Waals surface area contributed by atoms with E-state index in [0.717, 1.165) is 50.1 Å². The molecule has 1 rings (SSSR count). The SMILES string of the molecule is CCCCCCCCCCCC(=O)SCCCC1CCC(OCOCCCCCCCCC)CCN(C)[SiH2]1. The topological polar surface area (TPSA) is 38.8 Å². The summed E-state index contributed by atoms with van der Waals surface area (Å²) in [5.74, 6) is 1.01. The molecule has 1 aliphatic heterocycles. The van der Waals surface area contributed by atoms with Gasteiger partial charge < -0.3 is 14.0 Å². The normalized spacial score (nSPS) is 19.6. The van der Waals surface area contributed by atoms with Gasteiger partial charge in [-0.05, 0) is 57.7 Å². The van der Waals surface area contributed by atoms with Crippen molar-refractivity contribution in [2.75, 3.05) is 32.7 Å². The predicted molar refractivity (Wildman–Crippen MR) is 171 cm³/mol. The second-order valence-corrected chi connectivity index (χ2v) is 15.6. The molecule has 1 heterocycles. The van der Waals surface area contributed by atoms with Crippen molar-refractivity contribution in [3.8, 4) is 0 Å². The van der Waals surface area contributed by atoms with Crippen LogP contribution in [-0.2, 0) is 14.3 Å². The van der Waals surface area contributed by atoms with Gasteiger partial charge in [-0.15, -0.1) is 0 Å². The molecule has 226 valence electrons. The molecule has 0 saturated carbocycles. The van der Waals surface area contributed by atoms with E-state index < -0.39 is 0 Å². The number of hydrogen-bond donors (Lipinski definition) is 0. The lowest BCUT2D eigenvalue weighted by molar-refractivity contribution is -0.111. The molecule has 0 bridgehead atoms. The highest BCUT2D eigenvalue weighted by molar-refractivity contribution is 8.13. The lowest BCUT2D eigenvalue weighted by Crippen LogP contribution is -2.34. The number of nitrogens with zero attached hydrogens (tertiary/aromatic N) is 1. The third kappa shape index (κ3) is 22.9. The molecule has 0 aliphatic carbocycles. The monoisotopic (exact) mass is 571 g/mol. The van der Waals surface area contributed by atoms with Crippen LogP contribution in [0, 0.1) is 0 Å². The first-order chi connectivity index (χ1) is 18.7. The lowest BCUT2D eigenvalue weighted by atomic mass is 10.1. The number of carbonyl (C=O) groups excluding carboxylic acids is 1. The fourth-order valence-electron chi connectivity index (χ4n) is 5.53. The smallest absolute Gasteiger partial charge is 0.188 e. The number of hydrogen-bond acceptors (Lipinski definition) is 5. The van der Waals surface area contributed by atoms with Gasteiger partial charge in [0.1, 0.15) is 6.79 Å². The van der Waals surface area contributed by atoms with Gasteiger partial charge >= 0.3 is 0 Å². The van der Waals surface area contributed by atoms with Gasteiger partial charge in [-0.25, -0.2) is 0 Å². The Morgan fingerprint density at radius 1 is 0.789 bits per heavy atom. The zero-order chi connectivity index (χ0) is 27.5. The quantitative estimate of drug-likeness (QED) is 0.0621. The molecule has 2 unspecified atom stereocenters. The van der Waals surface area contributed by atoms with E-state index in [1.807, 2.05) is 0 Å². The number of unbranched alkanes of at least 4 members (excludes halogenated alkanes) is 14. The van der Waals surface area contributed by atoms with Crippen LogP contribution in [0.15, 0.2) is 0 Å². The van der Waals surface area contributed by atoms with Crippen LogP contribution in [0.25, 0.3) is 0 Å².